The summed E-state index contributed by atoms with van der Waals surface area (Å²) in [5.74, 6) is -2.37. The Labute approximate surface area is 120 Å². The molecule has 1 atom stereocenters. The van der Waals surface area contributed by atoms with Gasteiger partial charge in [-0.1, -0.05) is 6.92 Å². The minimum atomic E-state index is -1.07. The van der Waals surface area contributed by atoms with Crippen molar-refractivity contribution < 1.29 is 18.5 Å². The molecule has 2 N–H and O–H groups in total. The molecule has 1 unspecified atom stereocenters. The van der Waals surface area contributed by atoms with Crippen LogP contribution in [0.4, 0.5) is 20.2 Å². The number of amides is 1. The van der Waals surface area contributed by atoms with Gasteiger partial charge in [0.2, 0.25) is 5.91 Å². The van der Waals surface area contributed by atoms with Crippen molar-refractivity contribution >= 4 is 17.3 Å². The molecule has 21 heavy (non-hydrogen) atoms. The normalized spacial score (nSPS) is 11.8. The molecule has 0 aliphatic carbocycles. The first-order valence-corrected chi connectivity index (χ1v) is 6.51. The average Bonchev–Trinajstić information content (AvgIpc) is 2.41. The Bertz CT molecular complexity index is 514. The first-order valence-electron chi connectivity index (χ1n) is 6.51. The van der Waals surface area contributed by atoms with Crippen molar-refractivity contribution in [2.45, 2.75) is 32.7 Å². The molecule has 0 radical (unpaired) electrons. The van der Waals surface area contributed by atoms with Crippen LogP contribution in [0.15, 0.2) is 12.1 Å². The topological polar surface area (TPSA) is 84.3 Å². The van der Waals surface area contributed by atoms with Crippen molar-refractivity contribution in [2.24, 2.45) is 0 Å². The highest BCUT2D eigenvalue weighted by molar-refractivity contribution is 5.76. The molecule has 0 spiro atoms. The second-order valence-electron chi connectivity index (χ2n) is 4.60. The highest BCUT2D eigenvalue weighted by Gasteiger charge is 2.17. The third kappa shape index (κ3) is 4.97. The highest BCUT2D eigenvalue weighted by atomic mass is 19.1. The van der Waals surface area contributed by atoms with Gasteiger partial charge in [0.15, 0.2) is 11.6 Å². The van der Waals surface area contributed by atoms with Crippen molar-refractivity contribution in [3.05, 3.63) is 33.9 Å². The van der Waals surface area contributed by atoms with Crippen molar-refractivity contribution in [1.82, 2.24) is 5.32 Å². The van der Waals surface area contributed by atoms with E-state index in [-0.39, 0.29) is 24.9 Å². The number of benzene rings is 1. The fraction of sp³-hybridized carbons (Fsp3) is 0.462. The average molecular weight is 301 g/mol. The van der Waals surface area contributed by atoms with Crippen molar-refractivity contribution in [1.29, 1.82) is 0 Å². The molecular formula is C13H17F2N3O3. The number of hydrogen-bond donors (Lipinski definition) is 2. The number of nitro benzene ring substituents is 1. The summed E-state index contributed by atoms with van der Waals surface area (Å²) in [6, 6.07) is 1.29. The summed E-state index contributed by atoms with van der Waals surface area (Å²) in [6.45, 7) is 3.79. The first-order chi connectivity index (χ1) is 9.85. The van der Waals surface area contributed by atoms with Crippen LogP contribution in [0.25, 0.3) is 0 Å². The van der Waals surface area contributed by atoms with E-state index in [1.807, 2.05) is 13.8 Å². The fourth-order valence-electron chi connectivity index (χ4n) is 1.58. The van der Waals surface area contributed by atoms with E-state index in [1.54, 1.807) is 0 Å². The maximum Gasteiger partial charge on any atom is 0.275 e. The van der Waals surface area contributed by atoms with E-state index in [9.17, 15) is 23.7 Å². The molecule has 0 aliphatic heterocycles. The number of nitro groups is 1. The summed E-state index contributed by atoms with van der Waals surface area (Å²) in [7, 11) is 0. The number of halogens is 2. The molecule has 1 amide bonds. The summed E-state index contributed by atoms with van der Waals surface area (Å²) in [5.41, 5.74) is -1.14. The van der Waals surface area contributed by atoms with Crippen LogP contribution < -0.4 is 10.6 Å². The molecular weight excluding hydrogens is 284 g/mol. The molecule has 0 heterocycles. The van der Waals surface area contributed by atoms with Gasteiger partial charge in [-0.05, 0) is 13.3 Å². The lowest BCUT2D eigenvalue weighted by atomic mass is 10.2. The quantitative estimate of drug-likeness (QED) is 0.599. The summed E-state index contributed by atoms with van der Waals surface area (Å²) in [5, 5.41) is 15.6. The molecule has 0 aliphatic rings. The van der Waals surface area contributed by atoms with Crippen LogP contribution in [-0.4, -0.2) is 23.4 Å². The second kappa shape index (κ2) is 7.51. The zero-order valence-electron chi connectivity index (χ0n) is 11.8. The van der Waals surface area contributed by atoms with Gasteiger partial charge in [-0.25, -0.2) is 8.78 Å². The van der Waals surface area contributed by atoms with Crippen LogP contribution in [0.5, 0.6) is 0 Å². The maximum atomic E-state index is 13.6. The molecule has 0 fully saturated rings. The lowest BCUT2D eigenvalue weighted by Gasteiger charge is -2.12. The van der Waals surface area contributed by atoms with Gasteiger partial charge in [-0.15, -0.1) is 0 Å². The van der Waals surface area contributed by atoms with Crippen LogP contribution in [0.2, 0.25) is 0 Å². The van der Waals surface area contributed by atoms with E-state index in [0.717, 1.165) is 6.42 Å². The lowest BCUT2D eigenvalue weighted by molar-refractivity contribution is -0.385. The predicted molar refractivity (Wildman–Crippen MR) is 74.0 cm³/mol. The first kappa shape index (κ1) is 16.8. The standard InChI is InChI=1S/C13H17F2N3O3/c1-3-8(2)17-12(19)4-5-16-13-10(14)6-9(18(20)21)7-11(13)15/h6-8,16H,3-5H2,1-2H3,(H,17,19). The molecule has 8 heteroatoms. The number of anilines is 1. The summed E-state index contributed by atoms with van der Waals surface area (Å²) < 4.78 is 27.1. The maximum absolute atomic E-state index is 13.6. The molecule has 1 aromatic rings. The summed E-state index contributed by atoms with van der Waals surface area (Å²) in [4.78, 5) is 21.1. The zero-order chi connectivity index (χ0) is 16.0. The fourth-order valence-corrected chi connectivity index (χ4v) is 1.58. The summed E-state index contributed by atoms with van der Waals surface area (Å²) >= 11 is 0. The number of carbonyl (C=O) groups excluding carboxylic acids is 1. The van der Waals surface area contributed by atoms with Gasteiger partial charge < -0.3 is 10.6 Å². The van der Waals surface area contributed by atoms with E-state index < -0.39 is 27.9 Å². The molecule has 1 rings (SSSR count). The number of hydrogen-bond acceptors (Lipinski definition) is 4. The van der Waals surface area contributed by atoms with Crippen LogP contribution in [0.1, 0.15) is 26.7 Å². The van der Waals surface area contributed by atoms with Crippen molar-refractivity contribution in [3.63, 3.8) is 0 Å². The third-order valence-electron chi connectivity index (χ3n) is 2.91. The van der Waals surface area contributed by atoms with Crippen molar-refractivity contribution in [3.8, 4) is 0 Å². The lowest BCUT2D eigenvalue weighted by Crippen LogP contribution is -2.33. The monoisotopic (exact) mass is 301 g/mol. The van der Waals surface area contributed by atoms with E-state index in [0.29, 0.717) is 12.1 Å². The Morgan fingerprint density at radius 1 is 1.38 bits per heavy atom. The molecule has 0 saturated carbocycles. The van der Waals surface area contributed by atoms with E-state index >= 15 is 0 Å². The van der Waals surface area contributed by atoms with Crippen LogP contribution in [0, 0.1) is 21.7 Å². The van der Waals surface area contributed by atoms with Crippen LogP contribution in [0.3, 0.4) is 0 Å². The van der Waals surface area contributed by atoms with Gasteiger partial charge in [0, 0.05) is 19.0 Å². The van der Waals surface area contributed by atoms with E-state index in [2.05, 4.69) is 10.6 Å². The molecule has 0 bridgehead atoms. The van der Waals surface area contributed by atoms with Crippen LogP contribution in [-0.2, 0) is 4.79 Å². The number of carbonyl (C=O) groups is 1. The number of non-ortho nitro benzene ring substituents is 1. The van der Waals surface area contributed by atoms with Crippen LogP contribution >= 0.6 is 0 Å². The van der Waals surface area contributed by atoms with Gasteiger partial charge in [0.25, 0.3) is 5.69 Å². The molecule has 116 valence electrons. The Morgan fingerprint density at radius 2 is 1.95 bits per heavy atom. The predicted octanol–water partition coefficient (Wildman–Crippen LogP) is 2.59. The van der Waals surface area contributed by atoms with E-state index in [4.69, 9.17) is 0 Å². The molecule has 6 nitrogen and oxygen atoms in total. The Kier molecular flexibility index (Phi) is 6.01. The number of nitrogens with zero attached hydrogens (tertiary/aromatic N) is 1. The smallest absolute Gasteiger partial charge is 0.275 e. The minimum Gasteiger partial charge on any atom is -0.380 e. The van der Waals surface area contributed by atoms with Gasteiger partial charge in [-0.3, -0.25) is 14.9 Å². The van der Waals surface area contributed by atoms with Gasteiger partial charge in [0.1, 0.15) is 5.69 Å². The number of rotatable bonds is 7. The highest BCUT2D eigenvalue weighted by Crippen LogP contribution is 2.24. The molecule has 0 saturated heterocycles. The summed E-state index contributed by atoms with van der Waals surface area (Å²) in [6.07, 6.45) is 0.824. The number of nitrogens with one attached hydrogen (secondary N) is 2. The van der Waals surface area contributed by atoms with Crippen molar-refractivity contribution in [2.75, 3.05) is 11.9 Å². The van der Waals surface area contributed by atoms with Gasteiger partial charge >= 0.3 is 0 Å². The molecule has 1 aromatic carbocycles. The van der Waals surface area contributed by atoms with E-state index in [1.165, 1.54) is 0 Å². The third-order valence-corrected chi connectivity index (χ3v) is 2.91. The van der Waals surface area contributed by atoms with Gasteiger partial charge in [0.05, 0.1) is 17.1 Å². The SMILES string of the molecule is CCC(C)NC(=O)CCNc1c(F)cc([N+](=O)[O-])cc1F. The second-order valence-corrected chi connectivity index (χ2v) is 4.60. The Hall–Kier alpha value is -2.25. The Balaban J connectivity index is 2.60. The largest absolute Gasteiger partial charge is 0.380 e. The zero-order valence-corrected chi connectivity index (χ0v) is 11.8. The van der Waals surface area contributed by atoms with Gasteiger partial charge in [-0.2, -0.15) is 0 Å². The molecule has 0 aromatic heterocycles. The Morgan fingerprint density at radius 3 is 2.43 bits per heavy atom. The minimum absolute atomic E-state index is 0.0217.